The van der Waals surface area contributed by atoms with Crippen LogP contribution >= 0.6 is 0 Å². The first kappa shape index (κ1) is 23.1. The summed E-state index contributed by atoms with van der Waals surface area (Å²) in [6.45, 7) is 2.74. The van der Waals surface area contributed by atoms with Crippen molar-refractivity contribution in [3.8, 4) is 17.2 Å². The Morgan fingerprint density at radius 1 is 1.00 bits per heavy atom. The quantitative estimate of drug-likeness (QED) is 0.363. The molecule has 1 aliphatic heterocycles. The minimum absolute atomic E-state index is 0.00230. The third-order valence-electron chi connectivity index (χ3n) is 5.24. The van der Waals surface area contributed by atoms with E-state index < -0.39 is 17.7 Å². The van der Waals surface area contributed by atoms with Gasteiger partial charge in [0.15, 0.2) is 11.5 Å². The van der Waals surface area contributed by atoms with Gasteiger partial charge in [0.2, 0.25) is 0 Å². The molecule has 0 aromatic heterocycles. The van der Waals surface area contributed by atoms with Gasteiger partial charge in [0.05, 0.1) is 39.0 Å². The monoisotopic (exact) mass is 441 g/mol. The number of benzene rings is 2. The molecule has 1 N–H and O–H groups in total. The average molecular weight is 441 g/mol. The smallest absolute Gasteiger partial charge is 0.295 e. The first-order chi connectivity index (χ1) is 15.5. The van der Waals surface area contributed by atoms with Crippen LogP contribution in [0, 0.1) is 0 Å². The number of aliphatic hydroxyl groups is 1. The van der Waals surface area contributed by atoms with E-state index in [1.807, 2.05) is 6.92 Å². The van der Waals surface area contributed by atoms with E-state index >= 15 is 0 Å². The van der Waals surface area contributed by atoms with Gasteiger partial charge in [0, 0.05) is 19.2 Å². The lowest BCUT2D eigenvalue weighted by atomic mass is 9.95. The Balaban J connectivity index is 2.15. The Morgan fingerprint density at radius 3 is 2.31 bits per heavy atom. The number of amides is 1. The highest BCUT2D eigenvalue weighted by molar-refractivity contribution is 6.46. The largest absolute Gasteiger partial charge is 0.507 e. The van der Waals surface area contributed by atoms with Crippen LogP contribution in [0.3, 0.4) is 0 Å². The van der Waals surface area contributed by atoms with Crippen molar-refractivity contribution in [1.29, 1.82) is 0 Å². The molecule has 2 aromatic carbocycles. The fraction of sp³-hybridized carbons (Fsp3) is 0.333. The molecule has 1 fully saturated rings. The van der Waals surface area contributed by atoms with Crippen molar-refractivity contribution in [2.24, 2.45) is 0 Å². The number of carbonyl (C=O) groups excluding carboxylic acids is 2. The Bertz CT molecular complexity index is 1010. The summed E-state index contributed by atoms with van der Waals surface area (Å²) in [4.78, 5) is 27.3. The molecule has 0 aliphatic carbocycles. The van der Waals surface area contributed by atoms with Crippen molar-refractivity contribution >= 4 is 17.4 Å². The number of hydrogen-bond donors (Lipinski definition) is 1. The molecule has 0 unspecified atom stereocenters. The molecule has 8 nitrogen and oxygen atoms in total. The van der Waals surface area contributed by atoms with Crippen molar-refractivity contribution in [3.05, 3.63) is 59.2 Å². The molecular weight excluding hydrogens is 414 g/mol. The third kappa shape index (κ3) is 4.40. The van der Waals surface area contributed by atoms with Crippen LogP contribution in [0.1, 0.15) is 24.1 Å². The van der Waals surface area contributed by atoms with Gasteiger partial charge in [-0.2, -0.15) is 0 Å². The fourth-order valence-electron chi connectivity index (χ4n) is 3.68. The number of aliphatic hydroxyl groups excluding tert-OH is 1. The lowest BCUT2D eigenvalue weighted by Gasteiger charge is -2.25. The zero-order valence-corrected chi connectivity index (χ0v) is 18.6. The number of hydrogen-bond acceptors (Lipinski definition) is 7. The number of ketones is 1. The van der Waals surface area contributed by atoms with Gasteiger partial charge in [-0.25, -0.2) is 0 Å². The van der Waals surface area contributed by atoms with Gasteiger partial charge in [-0.1, -0.05) is 6.07 Å². The van der Waals surface area contributed by atoms with Gasteiger partial charge in [-0.3, -0.25) is 9.59 Å². The zero-order chi connectivity index (χ0) is 23.3. The molecule has 1 atom stereocenters. The highest BCUT2D eigenvalue weighted by Crippen LogP contribution is 2.42. The summed E-state index contributed by atoms with van der Waals surface area (Å²) < 4.78 is 21.3. The molecule has 1 aliphatic rings. The number of methoxy groups -OCH3 is 3. The van der Waals surface area contributed by atoms with Crippen LogP contribution in [-0.2, 0) is 14.3 Å². The van der Waals surface area contributed by atoms with Crippen LogP contribution in [0.25, 0.3) is 5.76 Å². The molecule has 32 heavy (non-hydrogen) atoms. The van der Waals surface area contributed by atoms with Crippen LogP contribution in [0.4, 0.5) is 0 Å². The first-order valence-electron chi connectivity index (χ1n) is 10.2. The van der Waals surface area contributed by atoms with E-state index in [0.717, 1.165) is 0 Å². The summed E-state index contributed by atoms with van der Waals surface area (Å²) in [6, 6.07) is 11.0. The van der Waals surface area contributed by atoms with Crippen molar-refractivity contribution < 1.29 is 33.6 Å². The molecule has 0 bridgehead atoms. The van der Waals surface area contributed by atoms with Gasteiger partial charge in [-0.15, -0.1) is 0 Å². The summed E-state index contributed by atoms with van der Waals surface area (Å²) in [5.74, 6) is -0.102. The summed E-state index contributed by atoms with van der Waals surface area (Å²) >= 11 is 0. The Kier molecular flexibility index (Phi) is 7.37. The summed E-state index contributed by atoms with van der Waals surface area (Å²) in [5.41, 5.74) is 1.01. The van der Waals surface area contributed by atoms with Crippen LogP contribution in [0.2, 0.25) is 0 Å². The maximum absolute atomic E-state index is 13.0. The molecule has 3 rings (SSSR count). The lowest BCUT2D eigenvalue weighted by Crippen LogP contribution is -2.32. The Morgan fingerprint density at radius 2 is 1.72 bits per heavy atom. The van der Waals surface area contributed by atoms with E-state index in [2.05, 4.69) is 0 Å². The highest BCUT2D eigenvalue weighted by atomic mass is 16.5. The molecule has 8 heteroatoms. The van der Waals surface area contributed by atoms with Crippen LogP contribution in [0.15, 0.2) is 48.0 Å². The predicted octanol–water partition coefficient (Wildman–Crippen LogP) is 3.17. The van der Waals surface area contributed by atoms with Gasteiger partial charge < -0.3 is 29.0 Å². The number of carbonyl (C=O) groups is 2. The molecule has 1 amide bonds. The molecule has 0 radical (unpaired) electrons. The molecule has 0 spiro atoms. The maximum Gasteiger partial charge on any atom is 0.295 e. The molecule has 1 heterocycles. The number of nitrogens with zero attached hydrogens (tertiary/aromatic N) is 1. The number of likely N-dealkylation sites (tertiary alicyclic amines) is 1. The van der Waals surface area contributed by atoms with Crippen LogP contribution < -0.4 is 14.2 Å². The summed E-state index contributed by atoms with van der Waals surface area (Å²) in [5, 5.41) is 11.1. The predicted molar refractivity (Wildman–Crippen MR) is 118 cm³/mol. The minimum Gasteiger partial charge on any atom is -0.507 e. The number of rotatable bonds is 9. The standard InChI is InChI=1S/C24H27NO7/c1-5-32-18-11-8-16(14-19(18)31-4)21-20(23(27)24(28)25(21)12-13-29-2)22(26)15-6-9-17(30-3)10-7-15/h6-11,14,21,26H,5,12-13H2,1-4H3/b22-20+/t21-/m0/s1. The fourth-order valence-corrected chi connectivity index (χ4v) is 3.68. The second kappa shape index (κ2) is 10.2. The number of ether oxygens (including phenoxy) is 4. The third-order valence-corrected chi connectivity index (χ3v) is 5.24. The highest BCUT2D eigenvalue weighted by Gasteiger charge is 2.46. The molecule has 0 saturated carbocycles. The topological polar surface area (TPSA) is 94.5 Å². The zero-order valence-electron chi connectivity index (χ0n) is 18.6. The summed E-state index contributed by atoms with van der Waals surface area (Å²) in [6.07, 6.45) is 0. The van der Waals surface area contributed by atoms with Gasteiger partial charge in [0.1, 0.15) is 11.5 Å². The Labute approximate surface area is 187 Å². The van der Waals surface area contributed by atoms with Gasteiger partial charge in [0.25, 0.3) is 11.7 Å². The summed E-state index contributed by atoms with van der Waals surface area (Å²) in [7, 11) is 4.57. The molecule has 2 aromatic rings. The first-order valence-corrected chi connectivity index (χ1v) is 10.2. The average Bonchev–Trinajstić information content (AvgIpc) is 3.07. The molecule has 1 saturated heterocycles. The van der Waals surface area contributed by atoms with E-state index in [-0.39, 0.29) is 24.5 Å². The van der Waals surface area contributed by atoms with Crippen LogP contribution in [-0.4, -0.2) is 62.8 Å². The van der Waals surface area contributed by atoms with Crippen LogP contribution in [0.5, 0.6) is 17.2 Å². The molecule has 170 valence electrons. The van der Waals surface area contributed by atoms with E-state index in [1.54, 1.807) is 42.5 Å². The minimum atomic E-state index is -0.808. The SMILES string of the molecule is CCOc1ccc([C@H]2/C(=C(\O)c3ccc(OC)cc3)C(=O)C(=O)N2CCOC)cc1OC. The second-order valence-electron chi connectivity index (χ2n) is 7.06. The Hall–Kier alpha value is -3.52. The van der Waals surface area contributed by atoms with E-state index in [0.29, 0.717) is 35.0 Å². The van der Waals surface area contributed by atoms with Crippen molar-refractivity contribution in [2.75, 3.05) is 41.1 Å². The van der Waals surface area contributed by atoms with Gasteiger partial charge in [-0.05, 0) is 48.9 Å². The van der Waals surface area contributed by atoms with Crippen molar-refractivity contribution in [1.82, 2.24) is 4.90 Å². The van der Waals surface area contributed by atoms with E-state index in [4.69, 9.17) is 18.9 Å². The molecular formula is C24H27NO7. The van der Waals surface area contributed by atoms with Crippen molar-refractivity contribution in [2.45, 2.75) is 13.0 Å². The lowest BCUT2D eigenvalue weighted by molar-refractivity contribution is -0.140. The second-order valence-corrected chi connectivity index (χ2v) is 7.06. The number of Topliss-reactive ketones (excluding diaryl/α,β-unsaturated/α-hetero) is 1. The normalized spacial score (nSPS) is 17.5. The van der Waals surface area contributed by atoms with Crippen molar-refractivity contribution in [3.63, 3.8) is 0 Å². The van der Waals surface area contributed by atoms with E-state index in [9.17, 15) is 14.7 Å². The maximum atomic E-state index is 13.0. The van der Waals surface area contributed by atoms with Gasteiger partial charge >= 0.3 is 0 Å². The van der Waals surface area contributed by atoms with E-state index in [1.165, 1.54) is 26.2 Å².